The highest BCUT2D eigenvalue weighted by Crippen LogP contribution is 2.33. The lowest BCUT2D eigenvalue weighted by Crippen LogP contribution is -2.01. The fourth-order valence-corrected chi connectivity index (χ4v) is 2.88. The molecule has 7 heteroatoms. The van der Waals surface area contributed by atoms with Gasteiger partial charge in [-0.05, 0) is 18.2 Å². The van der Waals surface area contributed by atoms with Crippen molar-refractivity contribution in [1.29, 1.82) is 0 Å². The molecule has 0 amide bonds. The molecule has 0 fully saturated rings. The van der Waals surface area contributed by atoms with Crippen LogP contribution in [0.2, 0.25) is 10.0 Å². The molecule has 3 nitrogen and oxygen atoms in total. The Kier molecular flexibility index (Phi) is 3.54. The molecule has 0 unspecified atom stereocenters. The highest BCUT2D eigenvalue weighted by Gasteiger charge is 2.17. The summed E-state index contributed by atoms with van der Waals surface area (Å²) in [5.41, 5.74) is 1.88. The Hall–Kier alpha value is -1.36. The molecule has 0 saturated heterocycles. The number of pyridine rings is 1. The molecule has 0 aliphatic carbocycles. The third-order valence-corrected chi connectivity index (χ3v) is 3.67. The van der Waals surface area contributed by atoms with Crippen molar-refractivity contribution in [3.05, 3.63) is 52.3 Å². The van der Waals surface area contributed by atoms with Crippen molar-refractivity contribution in [3.63, 3.8) is 0 Å². The van der Waals surface area contributed by atoms with Crippen LogP contribution in [0, 0.1) is 5.82 Å². The zero-order chi connectivity index (χ0) is 14.3. The van der Waals surface area contributed by atoms with Gasteiger partial charge in [0.05, 0.1) is 33.3 Å². The Balaban J connectivity index is 2.40. The van der Waals surface area contributed by atoms with Gasteiger partial charge in [0.2, 0.25) is 0 Å². The van der Waals surface area contributed by atoms with Crippen LogP contribution in [0.4, 0.5) is 4.39 Å². The summed E-state index contributed by atoms with van der Waals surface area (Å²) in [4.78, 5) is 8.38. The molecule has 0 aliphatic heterocycles. The van der Waals surface area contributed by atoms with Crippen LogP contribution < -0.4 is 0 Å². The van der Waals surface area contributed by atoms with E-state index in [9.17, 15) is 4.39 Å². The first-order valence-electron chi connectivity index (χ1n) is 5.64. The molecular formula is C13H7Cl3FN3. The summed E-state index contributed by atoms with van der Waals surface area (Å²) < 4.78 is 15.0. The Labute approximate surface area is 128 Å². The van der Waals surface area contributed by atoms with Gasteiger partial charge in [-0.25, -0.2) is 9.37 Å². The molecule has 3 rings (SSSR count). The van der Waals surface area contributed by atoms with Crippen molar-refractivity contribution in [1.82, 2.24) is 14.5 Å². The summed E-state index contributed by atoms with van der Waals surface area (Å²) in [6.07, 6.45) is 3.25. The van der Waals surface area contributed by atoms with Gasteiger partial charge in [-0.15, -0.1) is 11.6 Å². The summed E-state index contributed by atoms with van der Waals surface area (Å²) in [6, 6.07) is 4.18. The first-order valence-corrected chi connectivity index (χ1v) is 6.93. The molecule has 20 heavy (non-hydrogen) atoms. The summed E-state index contributed by atoms with van der Waals surface area (Å²) in [6.45, 7) is 0. The molecule has 0 aliphatic rings. The van der Waals surface area contributed by atoms with Gasteiger partial charge in [-0.2, -0.15) is 0 Å². The average Bonchev–Trinajstić information content (AvgIpc) is 2.76. The molecule has 2 aromatic heterocycles. The Bertz CT molecular complexity index is 778. The number of nitrogens with zero attached hydrogens (tertiary/aromatic N) is 3. The summed E-state index contributed by atoms with van der Waals surface area (Å²) in [7, 11) is 0. The van der Waals surface area contributed by atoms with Crippen LogP contribution in [0.5, 0.6) is 0 Å². The number of hydrogen-bond donors (Lipinski definition) is 0. The number of imidazole rings is 1. The van der Waals surface area contributed by atoms with Gasteiger partial charge in [0.1, 0.15) is 17.2 Å². The second-order valence-electron chi connectivity index (χ2n) is 4.08. The average molecular weight is 331 g/mol. The second-order valence-corrected chi connectivity index (χ2v) is 5.16. The maximum absolute atomic E-state index is 13.3. The van der Waals surface area contributed by atoms with Gasteiger partial charge in [-0.1, -0.05) is 23.2 Å². The van der Waals surface area contributed by atoms with E-state index in [4.69, 9.17) is 34.8 Å². The van der Waals surface area contributed by atoms with E-state index in [2.05, 4.69) is 9.97 Å². The van der Waals surface area contributed by atoms with Gasteiger partial charge in [0.15, 0.2) is 0 Å². The van der Waals surface area contributed by atoms with Crippen LogP contribution in [0.1, 0.15) is 5.82 Å². The standard InChI is InChI=1S/C13H7Cl3FN3/c14-5-12-19-10-6-18-2-1-11(10)20(12)13-8(15)3-7(17)4-9(13)16/h1-4,6H,5H2. The van der Waals surface area contributed by atoms with E-state index >= 15 is 0 Å². The van der Waals surface area contributed by atoms with E-state index in [-0.39, 0.29) is 15.9 Å². The number of fused-ring (bicyclic) bond motifs is 1. The Morgan fingerprint density at radius 2 is 1.90 bits per heavy atom. The van der Waals surface area contributed by atoms with Crippen LogP contribution in [0.25, 0.3) is 16.7 Å². The van der Waals surface area contributed by atoms with E-state index in [1.165, 1.54) is 12.1 Å². The Morgan fingerprint density at radius 3 is 2.55 bits per heavy atom. The lowest BCUT2D eigenvalue weighted by Gasteiger charge is -2.12. The van der Waals surface area contributed by atoms with Gasteiger partial charge in [-0.3, -0.25) is 9.55 Å². The first kappa shape index (κ1) is 13.6. The highest BCUT2D eigenvalue weighted by molar-refractivity contribution is 6.38. The first-order chi connectivity index (χ1) is 9.61. The van der Waals surface area contributed by atoms with Crippen molar-refractivity contribution in [2.75, 3.05) is 0 Å². The van der Waals surface area contributed by atoms with E-state index in [1.807, 2.05) is 0 Å². The predicted octanol–water partition coefficient (Wildman–Crippen LogP) is 4.61. The molecular weight excluding hydrogens is 324 g/mol. The molecule has 0 atom stereocenters. The summed E-state index contributed by atoms with van der Waals surface area (Å²) in [5.74, 6) is 0.228. The lowest BCUT2D eigenvalue weighted by molar-refractivity contribution is 0.627. The maximum Gasteiger partial charge on any atom is 0.129 e. The van der Waals surface area contributed by atoms with Gasteiger partial charge in [0, 0.05) is 6.20 Å². The van der Waals surface area contributed by atoms with Gasteiger partial charge < -0.3 is 0 Å². The van der Waals surface area contributed by atoms with E-state index in [1.54, 1.807) is 23.0 Å². The second kappa shape index (κ2) is 5.20. The number of alkyl halides is 1. The fourth-order valence-electron chi connectivity index (χ4n) is 2.07. The lowest BCUT2D eigenvalue weighted by atomic mass is 10.3. The SMILES string of the molecule is Fc1cc(Cl)c(-n2c(CCl)nc3cnccc32)c(Cl)c1. The molecule has 102 valence electrons. The number of benzene rings is 1. The molecule has 0 radical (unpaired) electrons. The summed E-state index contributed by atoms with van der Waals surface area (Å²) >= 11 is 18.2. The number of halogens is 4. The highest BCUT2D eigenvalue weighted by atomic mass is 35.5. The zero-order valence-electron chi connectivity index (χ0n) is 9.95. The van der Waals surface area contributed by atoms with Crippen LogP contribution in [-0.2, 0) is 5.88 Å². The minimum absolute atomic E-state index is 0.165. The fraction of sp³-hybridized carbons (Fsp3) is 0.0769. The van der Waals surface area contributed by atoms with E-state index < -0.39 is 5.82 Å². The topological polar surface area (TPSA) is 30.7 Å². The molecule has 3 aromatic rings. The minimum Gasteiger partial charge on any atom is -0.292 e. The minimum atomic E-state index is -0.498. The van der Waals surface area contributed by atoms with E-state index in [0.717, 1.165) is 5.52 Å². The van der Waals surface area contributed by atoms with Crippen LogP contribution in [0.3, 0.4) is 0 Å². The van der Waals surface area contributed by atoms with Crippen LogP contribution in [-0.4, -0.2) is 14.5 Å². The smallest absolute Gasteiger partial charge is 0.129 e. The van der Waals surface area contributed by atoms with Crippen LogP contribution >= 0.6 is 34.8 Å². The number of rotatable bonds is 2. The monoisotopic (exact) mass is 329 g/mol. The van der Waals surface area contributed by atoms with Gasteiger partial charge >= 0.3 is 0 Å². The zero-order valence-corrected chi connectivity index (χ0v) is 12.2. The summed E-state index contributed by atoms with van der Waals surface area (Å²) in [5, 5.41) is 0.384. The van der Waals surface area contributed by atoms with Crippen LogP contribution in [0.15, 0.2) is 30.6 Å². The number of hydrogen-bond acceptors (Lipinski definition) is 2. The number of aromatic nitrogens is 3. The van der Waals surface area contributed by atoms with Crippen molar-refractivity contribution < 1.29 is 4.39 Å². The predicted molar refractivity (Wildman–Crippen MR) is 78.4 cm³/mol. The van der Waals surface area contributed by atoms with Crippen molar-refractivity contribution in [2.45, 2.75) is 5.88 Å². The molecule has 0 bridgehead atoms. The molecule has 0 spiro atoms. The van der Waals surface area contributed by atoms with Crippen molar-refractivity contribution in [3.8, 4) is 5.69 Å². The molecule has 0 N–H and O–H groups in total. The third kappa shape index (κ3) is 2.14. The Morgan fingerprint density at radius 1 is 1.20 bits per heavy atom. The third-order valence-electron chi connectivity index (χ3n) is 2.85. The molecule has 2 heterocycles. The van der Waals surface area contributed by atoms with Crippen molar-refractivity contribution in [2.24, 2.45) is 0 Å². The van der Waals surface area contributed by atoms with Crippen molar-refractivity contribution >= 4 is 45.8 Å². The molecule has 1 aromatic carbocycles. The normalized spacial score (nSPS) is 11.2. The van der Waals surface area contributed by atoms with Gasteiger partial charge in [0.25, 0.3) is 0 Å². The molecule has 0 saturated carbocycles. The quantitative estimate of drug-likeness (QED) is 0.643. The largest absolute Gasteiger partial charge is 0.292 e. The van der Waals surface area contributed by atoms with E-state index in [0.29, 0.717) is 17.0 Å². The maximum atomic E-state index is 13.3.